The maximum Gasteiger partial charge on any atom is 0.266 e. The summed E-state index contributed by atoms with van der Waals surface area (Å²) in [4.78, 5) is 13.5. The van der Waals surface area contributed by atoms with Gasteiger partial charge < -0.3 is 5.32 Å². The Labute approximate surface area is 177 Å². The molecule has 2 rings (SSSR count). The molecule has 0 spiro atoms. The largest absolute Gasteiger partial charge is 0.391 e. The zero-order valence-electron chi connectivity index (χ0n) is 17.5. The van der Waals surface area contributed by atoms with E-state index in [0.29, 0.717) is 6.42 Å². The van der Waals surface area contributed by atoms with Gasteiger partial charge in [0.1, 0.15) is 0 Å². The zero-order valence-corrected chi connectivity index (χ0v) is 19.1. The van der Waals surface area contributed by atoms with E-state index in [1.807, 2.05) is 56.8 Å². The second kappa shape index (κ2) is 9.89. The van der Waals surface area contributed by atoms with Gasteiger partial charge in [0.05, 0.1) is 10.8 Å². The lowest BCUT2D eigenvalue weighted by molar-refractivity contribution is -0.127. The van der Waals surface area contributed by atoms with Crippen LogP contribution in [0.15, 0.2) is 69.4 Å². The summed E-state index contributed by atoms with van der Waals surface area (Å²) in [7, 11) is -0.766. The number of hydrogen-bond donors (Lipinski definition) is 1. The van der Waals surface area contributed by atoms with Crippen LogP contribution in [0.3, 0.4) is 0 Å². The molecule has 1 atom stereocenters. The molecule has 0 bridgehead atoms. The molecule has 156 valence electrons. The van der Waals surface area contributed by atoms with Crippen LogP contribution < -0.4 is 5.32 Å². The van der Waals surface area contributed by atoms with Crippen molar-refractivity contribution in [2.24, 2.45) is 0 Å². The van der Waals surface area contributed by atoms with Crippen molar-refractivity contribution in [3.63, 3.8) is 0 Å². The molecule has 0 fully saturated rings. The highest BCUT2D eigenvalue weighted by Gasteiger charge is 2.32. The molecule has 1 aromatic heterocycles. The Morgan fingerprint density at radius 1 is 1.24 bits per heavy atom. The molecule has 5 nitrogen and oxygen atoms in total. The zero-order chi connectivity index (χ0) is 21.6. The van der Waals surface area contributed by atoms with E-state index in [1.54, 1.807) is 12.1 Å². The molecule has 0 aliphatic rings. The number of carbonyl (C=O) groups is 1. The van der Waals surface area contributed by atoms with Crippen LogP contribution in [0.25, 0.3) is 0 Å². The van der Waals surface area contributed by atoms with E-state index in [-0.39, 0.29) is 4.90 Å². The SMILES string of the molecule is C/C=C\C(CC(C(=O)N(C)S(=O)(=O)c1ccc(C)cc1)c1ccsc1)=C(/C)NC. The van der Waals surface area contributed by atoms with Gasteiger partial charge in [0.25, 0.3) is 10.0 Å². The third kappa shape index (κ3) is 5.36. The quantitative estimate of drug-likeness (QED) is 0.626. The number of likely N-dealkylation sites (N-methyl/N-ethyl adjacent to an activating group) is 1. The normalized spacial score (nSPS) is 13.8. The van der Waals surface area contributed by atoms with E-state index in [0.717, 1.165) is 26.7 Å². The summed E-state index contributed by atoms with van der Waals surface area (Å²) in [6, 6.07) is 8.39. The maximum absolute atomic E-state index is 13.4. The Morgan fingerprint density at radius 2 is 1.90 bits per heavy atom. The summed E-state index contributed by atoms with van der Waals surface area (Å²) in [5.74, 6) is -1.05. The van der Waals surface area contributed by atoms with Crippen LogP contribution in [0.1, 0.15) is 37.3 Å². The predicted octanol–water partition coefficient (Wildman–Crippen LogP) is 4.45. The van der Waals surface area contributed by atoms with Crippen LogP contribution in [-0.4, -0.2) is 32.7 Å². The molecular formula is C22H28N2O3S2. The van der Waals surface area contributed by atoms with E-state index < -0.39 is 21.8 Å². The van der Waals surface area contributed by atoms with Crippen LogP contribution in [-0.2, 0) is 14.8 Å². The van der Waals surface area contributed by atoms with Gasteiger partial charge in [-0.2, -0.15) is 11.3 Å². The predicted molar refractivity (Wildman–Crippen MR) is 119 cm³/mol. The van der Waals surface area contributed by atoms with Crippen LogP contribution in [0.5, 0.6) is 0 Å². The first-order valence-electron chi connectivity index (χ1n) is 9.34. The molecule has 2 aromatic rings. The van der Waals surface area contributed by atoms with Gasteiger partial charge in [-0.1, -0.05) is 29.8 Å². The molecule has 0 saturated carbocycles. The molecule has 0 radical (unpaired) electrons. The minimum absolute atomic E-state index is 0.110. The van der Waals surface area contributed by atoms with Crippen molar-refractivity contribution in [2.45, 2.75) is 38.0 Å². The Kier molecular flexibility index (Phi) is 7.81. The highest BCUT2D eigenvalue weighted by Crippen LogP contribution is 2.31. The molecule has 0 aliphatic heterocycles. The number of aryl methyl sites for hydroxylation is 1. The lowest BCUT2D eigenvalue weighted by atomic mass is 9.92. The number of carbonyl (C=O) groups excluding carboxylic acids is 1. The first kappa shape index (κ1) is 22.9. The van der Waals surface area contributed by atoms with Gasteiger partial charge in [0.2, 0.25) is 5.91 Å². The van der Waals surface area contributed by atoms with Crippen LogP contribution >= 0.6 is 11.3 Å². The second-order valence-corrected chi connectivity index (χ2v) is 9.59. The number of thiophene rings is 1. The maximum atomic E-state index is 13.4. The second-order valence-electron chi connectivity index (χ2n) is 6.84. The summed E-state index contributed by atoms with van der Waals surface area (Å²) < 4.78 is 26.9. The highest BCUT2D eigenvalue weighted by molar-refractivity contribution is 7.89. The van der Waals surface area contributed by atoms with Crippen molar-refractivity contribution in [3.05, 3.63) is 75.6 Å². The average Bonchev–Trinajstić information content (AvgIpc) is 3.24. The van der Waals surface area contributed by atoms with Crippen molar-refractivity contribution >= 4 is 27.3 Å². The number of sulfonamides is 1. The number of nitrogens with one attached hydrogen (secondary N) is 1. The summed E-state index contributed by atoms with van der Waals surface area (Å²) in [6.45, 7) is 5.74. The van der Waals surface area contributed by atoms with Gasteiger partial charge in [-0.25, -0.2) is 12.7 Å². The smallest absolute Gasteiger partial charge is 0.266 e. The van der Waals surface area contributed by atoms with E-state index in [1.165, 1.54) is 30.5 Å². The third-order valence-electron chi connectivity index (χ3n) is 4.88. The molecule has 1 unspecified atom stereocenters. The molecule has 1 N–H and O–H groups in total. The Hall–Kier alpha value is -2.38. The minimum Gasteiger partial charge on any atom is -0.391 e. The number of benzene rings is 1. The summed E-state index contributed by atoms with van der Waals surface area (Å²) in [5.41, 5.74) is 3.68. The average molecular weight is 433 g/mol. The standard InChI is InChI=1S/C22H28N2O3S2/c1-6-7-18(17(3)23-4)14-21(19-12-13-28-15-19)22(25)24(5)29(26,27)20-10-8-16(2)9-11-20/h6-13,15,21,23H,14H2,1-5H3/b7-6-,18-17-. The molecule has 1 aromatic carbocycles. The van der Waals surface area contributed by atoms with Gasteiger partial charge in [0, 0.05) is 19.8 Å². The number of hydrogen-bond acceptors (Lipinski definition) is 5. The van der Waals surface area contributed by atoms with Gasteiger partial charge in [-0.3, -0.25) is 4.79 Å². The van der Waals surface area contributed by atoms with Gasteiger partial charge in [-0.15, -0.1) is 0 Å². The number of amides is 1. The topological polar surface area (TPSA) is 66.5 Å². The van der Waals surface area contributed by atoms with Crippen LogP contribution in [0.4, 0.5) is 0 Å². The number of rotatable bonds is 8. The number of allylic oxidation sites excluding steroid dienone is 4. The van der Waals surface area contributed by atoms with E-state index in [2.05, 4.69) is 5.32 Å². The molecular weight excluding hydrogens is 404 g/mol. The molecule has 0 saturated heterocycles. The van der Waals surface area contributed by atoms with Crippen LogP contribution in [0, 0.1) is 6.92 Å². The fraction of sp³-hybridized carbons (Fsp3) is 0.318. The van der Waals surface area contributed by atoms with Crippen molar-refractivity contribution in [2.75, 3.05) is 14.1 Å². The third-order valence-corrected chi connectivity index (χ3v) is 7.35. The lowest BCUT2D eigenvalue weighted by Crippen LogP contribution is -2.37. The highest BCUT2D eigenvalue weighted by atomic mass is 32.2. The van der Waals surface area contributed by atoms with Crippen molar-refractivity contribution < 1.29 is 13.2 Å². The molecule has 1 amide bonds. The molecule has 0 aliphatic carbocycles. The summed E-state index contributed by atoms with van der Waals surface area (Å²) in [6.07, 6.45) is 4.27. The van der Waals surface area contributed by atoms with Crippen molar-refractivity contribution in [3.8, 4) is 0 Å². The summed E-state index contributed by atoms with van der Waals surface area (Å²) >= 11 is 1.49. The lowest BCUT2D eigenvalue weighted by Gasteiger charge is -2.24. The Morgan fingerprint density at radius 3 is 2.41 bits per heavy atom. The first-order chi connectivity index (χ1) is 13.7. The van der Waals surface area contributed by atoms with Gasteiger partial charge in [0.15, 0.2) is 0 Å². The Balaban J connectivity index is 2.43. The minimum atomic E-state index is -3.93. The molecule has 29 heavy (non-hydrogen) atoms. The van der Waals surface area contributed by atoms with Gasteiger partial charge in [-0.05, 0) is 67.3 Å². The van der Waals surface area contributed by atoms with E-state index in [4.69, 9.17) is 0 Å². The number of nitrogens with zero attached hydrogens (tertiary/aromatic N) is 1. The van der Waals surface area contributed by atoms with Crippen LogP contribution in [0.2, 0.25) is 0 Å². The van der Waals surface area contributed by atoms with E-state index in [9.17, 15) is 13.2 Å². The fourth-order valence-electron chi connectivity index (χ4n) is 2.96. The first-order valence-corrected chi connectivity index (χ1v) is 11.7. The van der Waals surface area contributed by atoms with Gasteiger partial charge >= 0.3 is 0 Å². The monoisotopic (exact) mass is 432 g/mol. The fourth-order valence-corrected chi connectivity index (χ4v) is 4.83. The molecule has 1 heterocycles. The summed E-state index contributed by atoms with van der Waals surface area (Å²) in [5, 5.41) is 6.91. The Bertz CT molecular complexity index is 989. The van der Waals surface area contributed by atoms with E-state index >= 15 is 0 Å². The van der Waals surface area contributed by atoms with Crippen molar-refractivity contribution in [1.29, 1.82) is 0 Å². The van der Waals surface area contributed by atoms with Crippen molar-refractivity contribution in [1.82, 2.24) is 9.62 Å². The molecule has 7 heteroatoms.